The highest BCUT2D eigenvalue weighted by Gasteiger charge is 2.18. The van der Waals surface area contributed by atoms with Crippen molar-refractivity contribution in [3.63, 3.8) is 0 Å². The van der Waals surface area contributed by atoms with Crippen molar-refractivity contribution in [2.75, 3.05) is 6.61 Å². The van der Waals surface area contributed by atoms with Gasteiger partial charge in [-0.25, -0.2) is 29.1 Å². The fourth-order valence-electron chi connectivity index (χ4n) is 1.36. The Labute approximate surface area is 151 Å². The molecule has 2 unspecified atom stereocenters. The SMILES string of the molecule is [3H]SONC(=O)CC(C)OC(=O)COC(=O)OC(C)CC(=O)NOS[3H]. The Balaban J connectivity index is 3.98. The van der Waals surface area contributed by atoms with Crippen molar-refractivity contribution in [3.8, 4) is 0 Å². The number of nitrogens with one attached hydrogen (secondary N) is 2. The van der Waals surface area contributed by atoms with Crippen LogP contribution in [0.5, 0.6) is 0 Å². The maximum Gasteiger partial charge on any atom is 0.509 e. The Morgan fingerprint density at radius 2 is 1.46 bits per heavy atom. The van der Waals surface area contributed by atoms with Crippen LogP contribution in [-0.4, -0.2) is 45.0 Å². The summed E-state index contributed by atoms with van der Waals surface area (Å²) in [7, 11) is 0. The van der Waals surface area contributed by atoms with Crippen molar-refractivity contribution in [2.45, 2.75) is 38.9 Å². The molecule has 0 aromatic heterocycles. The molecule has 0 fully saturated rings. The van der Waals surface area contributed by atoms with Crippen LogP contribution in [0.1, 0.15) is 26.7 Å². The van der Waals surface area contributed by atoms with E-state index in [1.54, 1.807) is 0 Å². The van der Waals surface area contributed by atoms with E-state index in [0.717, 1.165) is 0 Å². The molecule has 0 radical (unpaired) electrons. The van der Waals surface area contributed by atoms with Crippen molar-refractivity contribution in [1.29, 1.82) is 2.25 Å². The number of carbonyl (C=O) groups is 4. The zero-order valence-corrected chi connectivity index (χ0v) is 14.4. The molecule has 24 heavy (non-hydrogen) atoms. The molecule has 11 nitrogen and oxygen atoms in total. The third-order valence-electron chi connectivity index (χ3n) is 2.19. The van der Waals surface area contributed by atoms with Gasteiger partial charge in [-0.1, -0.05) is 0 Å². The molecule has 0 aliphatic rings. The predicted octanol–water partition coefficient (Wildman–Crippen LogP) is 0.0252. The van der Waals surface area contributed by atoms with Crippen LogP contribution >= 0.6 is 25.6 Å². The van der Waals surface area contributed by atoms with E-state index in [-0.39, 0.29) is 38.5 Å². The lowest BCUT2D eigenvalue weighted by atomic mass is 10.3. The molecule has 2 amide bonds. The fraction of sp³-hybridized carbons (Fsp3) is 0.636. The van der Waals surface area contributed by atoms with E-state index < -0.39 is 42.8 Å². The Hall–Kier alpha value is -1.70. The smallest absolute Gasteiger partial charge is 0.460 e. The largest absolute Gasteiger partial charge is 0.509 e. The van der Waals surface area contributed by atoms with Gasteiger partial charge in [0.1, 0.15) is 14.5 Å². The number of amides is 2. The van der Waals surface area contributed by atoms with Gasteiger partial charge in [-0.15, -0.1) is 0 Å². The van der Waals surface area contributed by atoms with Crippen LogP contribution in [0.25, 0.3) is 0 Å². The number of ether oxygens (including phenoxy) is 3. The van der Waals surface area contributed by atoms with E-state index in [4.69, 9.17) is 11.7 Å². The predicted molar refractivity (Wildman–Crippen MR) is 83.1 cm³/mol. The Morgan fingerprint density at radius 1 is 0.958 bits per heavy atom. The summed E-state index contributed by atoms with van der Waals surface area (Å²) in [5.41, 5.74) is 3.84. The van der Waals surface area contributed by atoms with Crippen LogP contribution in [0.3, 0.4) is 0 Å². The molecule has 0 rings (SSSR count). The summed E-state index contributed by atoms with van der Waals surface area (Å²) in [6.45, 7) is 2.09. The third-order valence-corrected chi connectivity index (χ3v) is 2.36. The van der Waals surface area contributed by atoms with Gasteiger partial charge in [0.05, 0.1) is 12.8 Å². The minimum atomic E-state index is -1.19. The molecule has 138 valence electrons. The van der Waals surface area contributed by atoms with Gasteiger partial charge in [0.25, 0.3) is 0 Å². The molecular formula is C11H18N2O9S2. The maximum absolute atomic E-state index is 11.5. The van der Waals surface area contributed by atoms with Crippen LogP contribution in [0.4, 0.5) is 4.79 Å². The second kappa shape index (κ2) is 12.7. The van der Waals surface area contributed by atoms with Crippen molar-refractivity contribution >= 4 is 49.6 Å². The van der Waals surface area contributed by atoms with E-state index in [1.165, 1.54) is 13.8 Å². The van der Waals surface area contributed by atoms with Gasteiger partial charge >= 0.3 is 12.1 Å². The highest BCUT2D eigenvalue weighted by atomic mass is 32.1. The van der Waals surface area contributed by atoms with E-state index in [9.17, 15) is 19.2 Å². The minimum absolute atomic E-state index is 0.187. The summed E-state index contributed by atoms with van der Waals surface area (Å²) in [6, 6.07) is 0. The quantitative estimate of drug-likeness (QED) is 0.157. The lowest BCUT2D eigenvalue weighted by Gasteiger charge is -2.14. The number of carbonyl (C=O) groups excluding carboxylic acids is 4. The van der Waals surface area contributed by atoms with E-state index in [0.29, 0.717) is 0 Å². The number of esters is 1. The standard InChI is InChI=1S/C11H18N2O9S2/c1-6(3-8(14)12-21-23)19-10(16)5-18-11(17)20-7(2)4-9(15)13-22-24/h6-7,23-24H,3-5H2,1-2H3,(H,12,14)(H,13,15)/i/hT2. The normalized spacial score (nSPS) is 13.6. The van der Waals surface area contributed by atoms with Crippen molar-refractivity contribution in [3.05, 3.63) is 0 Å². The van der Waals surface area contributed by atoms with Gasteiger partial charge in [-0.05, 0) is 13.8 Å². The number of rotatable bonds is 12. The number of hydrogen-bond acceptors (Lipinski definition) is 11. The molecule has 0 aliphatic heterocycles. The Kier molecular flexibility index (Phi) is 9.85. The first-order valence-electron chi connectivity index (χ1n) is 7.28. The average Bonchev–Trinajstić information content (AvgIpc) is 2.55. The first kappa shape index (κ1) is 18.6. The molecule has 0 spiro atoms. The van der Waals surface area contributed by atoms with Crippen LogP contribution in [0, 0.1) is 0 Å². The van der Waals surface area contributed by atoms with Crippen molar-refractivity contribution < 1.29 is 42.0 Å². The first-order chi connectivity index (χ1) is 12.3. The molecule has 0 bridgehead atoms. The molecule has 0 saturated heterocycles. The molecular weight excluding hydrogens is 368 g/mol. The van der Waals surface area contributed by atoms with E-state index >= 15 is 0 Å². The summed E-state index contributed by atoms with van der Waals surface area (Å²) in [4.78, 5) is 45.4. The summed E-state index contributed by atoms with van der Waals surface area (Å²) in [5, 5.41) is 0. The molecule has 0 heterocycles. The Bertz CT molecular complexity index is 445. The summed E-state index contributed by atoms with van der Waals surface area (Å²) in [5.74, 6) is -2.14. The monoisotopic (exact) mass is 390 g/mol. The van der Waals surface area contributed by atoms with E-state index in [1.807, 2.05) is 11.0 Å². The van der Waals surface area contributed by atoms with Crippen LogP contribution in [0.15, 0.2) is 0 Å². The van der Waals surface area contributed by atoms with Gasteiger partial charge in [0.2, 0.25) is 11.8 Å². The first-order valence-corrected chi connectivity index (χ1v) is 7.13. The average molecular weight is 390 g/mol. The van der Waals surface area contributed by atoms with Crippen LogP contribution in [-0.2, 0) is 37.2 Å². The minimum Gasteiger partial charge on any atom is -0.460 e. The number of hydrogen-bond donors (Lipinski definition) is 4. The maximum atomic E-state index is 11.5. The fourth-order valence-corrected chi connectivity index (χ4v) is 1.54. The van der Waals surface area contributed by atoms with Crippen LogP contribution < -0.4 is 11.0 Å². The second-order valence-electron chi connectivity index (χ2n) is 4.39. The summed E-state index contributed by atoms with van der Waals surface area (Å²) >= 11 is 0.379. The summed E-state index contributed by atoms with van der Waals surface area (Å²) < 4.78 is 35.8. The molecule has 13 heteroatoms. The van der Waals surface area contributed by atoms with Gasteiger partial charge < -0.3 is 14.2 Å². The number of hydroxylamine groups is 2. The zero-order chi connectivity index (χ0) is 19.9. The van der Waals surface area contributed by atoms with Gasteiger partial charge in [-0.2, -0.15) is 0 Å². The van der Waals surface area contributed by atoms with Crippen molar-refractivity contribution in [1.82, 2.24) is 11.0 Å². The molecule has 0 aromatic carbocycles. The second-order valence-corrected chi connectivity index (χ2v) is 4.73. The lowest BCUT2D eigenvalue weighted by molar-refractivity contribution is -0.154. The van der Waals surface area contributed by atoms with E-state index in [2.05, 4.69) is 13.3 Å². The number of thiol groups is 2. The Morgan fingerprint density at radius 3 is 1.96 bits per heavy atom. The topological polar surface area (TPSA) is 138 Å². The summed E-state index contributed by atoms with van der Waals surface area (Å²) in [6.07, 6.45) is -3.34. The van der Waals surface area contributed by atoms with Crippen molar-refractivity contribution in [2.24, 2.45) is 0 Å². The van der Waals surface area contributed by atoms with Gasteiger partial charge in [0.15, 0.2) is 6.61 Å². The highest BCUT2D eigenvalue weighted by Crippen LogP contribution is 2.02. The zero-order valence-electron chi connectivity index (χ0n) is 14.8. The molecule has 2 atom stereocenters. The molecule has 0 aliphatic carbocycles. The third kappa shape index (κ3) is 11.8. The molecule has 0 saturated carbocycles. The van der Waals surface area contributed by atoms with Gasteiger partial charge in [0, 0.05) is 25.6 Å². The molecule has 0 aromatic rings. The lowest BCUT2D eigenvalue weighted by Crippen LogP contribution is -2.29. The van der Waals surface area contributed by atoms with Gasteiger partial charge in [-0.3, -0.25) is 9.59 Å². The molecule has 2 N–H and O–H groups in total. The highest BCUT2D eigenvalue weighted by molar-refractivity contribution is 7.75. The van der Waals surface area contributed by atoms with Crippen LogP contribution in [0.2, 0.25) is 0 Å².